The van der Waals surface area contributed by atoms with Crippen molar-refractivity contribution < 1.29 is 0 Å². The number of allylic oxidation sites excluding steroid dienone is 1. The van der Waals surface area contributed by atoms with Crippen LogP contribution in [0.3, 0.4) is 0 Å². The second kappa shape index (κ2) is 3.88. The Morgan fingerprint density at radius 3 is 2.62 bits per heavy atom. The molecule has 3 nitrogen and oxygen atoms in total. The Kier molecular flexibility index (Phi) is 3.25. The molecule has 3 heteroatoms. The highest BCUT2D eigenvalue weighted by Crippen LogP contribution is 1.79. The monoisotopic (exact) mass is 109 g/mol. The van der Waals surface area contributed by atoms with Crippen LogP contribution in [0.2, 0.25) is 0 Å². The number of hydrogen-bond acceptors (Lipinski definition) is 3. The Bertz CT molecular complexity index is 140. The summed E-state index contributed by atoms with van der Waals surface area (Å²) in [5, 5.41) is 17.4. The van der Waals surface area contributed by atoms with Crippen molar-refractivity contribution in [2.45, 2.75) is 0 Å². The molecule has 0 aromatic carbocycles. The van der Waals surface area contributed by atoms with Crippen molar-refractivity contribution in [2.24, 2.45) is 0 Å². The summed E-state index contributed by atoms with van der Waals surface area (Å²) in [7, 11) is 1.68. The highest BCUT2D eigenvalue weighted by Gasteiger charge is 1.81. The molecule has 0 atom stereocenters. The van der Waals surface area contributed by atoms with E-state index in [9.17, 15) is 0 Å². The molecule has 0 saturated carbocycles. The Labute approximate surface area is 48.1 Å². The molecule has 0 radical (unpaired) electrons. The van der Waals surface area contributed by atoms with Crippen LogP contribution in [-0.2, 0) is 0 Å². The zero-order valence-electron chi connectivity index (χ0n) is 4.60. The van der Waals surface area contributed by atoms with Gasteiger partial charge in [0.1, 0.15) is 6.07 Å². The van der Waals surface area contributed by atoms with E-state index < -0.39 is 0 Å². The van der Waals surface area contributed by atoms with E-state index in [1.807, 2.05) is 6.07 Å². The predicted molar refractivity (Wildman–Crippen MR) is 31.5 cm³/mol. The van der Waals surface area contributed by atoms with Gasteiger partial charge in [-0.15, -0.1) is 0 Å². The van der Waals surface area contributed by atoms with E-state index in [4.69, 9.17) is 10.7 Å². The molecule has 0 fully saturated rings. The number of rotatable bonds is 2. The highest BCUT2D eigenvalue weighted by molar-refractivity contribution is 5.80. The first-order valence-corrected chi connectivity index (χ1v) is 2.13. The van der Waals surface area contributed by atoms with E-state index in [2.05, 4.69) is 5.32 Å². The van der Waals surface area contributed by atoms with Crippen LogP contribution in [0.25, 0.3) is 0 Å². The molecule has 0 aliphatic heterocycles. The fraction of sp³-hybridized carbons (Fsp3) is 0.200. The van der Waals surface area contributed by atoms with E-state index in [1.165, 1.54) is 6.20 Å². The number of nitrogens with zero attached hydrogens (tertiary/aromatic N) is 1. The summed E-state index contributed by atoms with van der Waals surface area (Å²) < 4.78 is 0. The van der Waals surface area contributed by atoms with Crippen LogP contribution in [0.1, 0.15) is 0 Å². The van der Waals surface area contributed by atoms with Crippen molar-refractivity contribution in [3.05, 3.63) is 11.8 Å². The van der Waals surface area contributed by atoms with Gasteiger partial charge in [0.15, 0.2) is 0 Å². The normalized spacial score (nSPS) is 9.75. The fourth-order valence-electron chi connectivity index (χ4n) is 0.262. The van der Waals surface area contributed by atoms with Gasteiger partial charge < -0.3 is 10.7 Å². The average Bonchev–Trinajstić information content (AvgIpc) is 1.83. The maximum atomic E-state index is 8.15. The van der Waals surface area contributed by atoms with E-state index in [-0.39, 0.29) is 0 Å². The number of nitrogens with one attached hydrogen (secondary N) is 2. The maximum absolute atomic E-state index is 8.15. The Morgan fingerprint density at radius 1 is 1.88 bits per heavy atom. The first-order chi connectivity index (χ1) is 3.85. The first kappa shape index (κ1) is 6.70. The van der Waals surface area contributed by atoms with Gasteiger partial charge in [-0.3, -0.25) is 0 Å². The maximum Gasteiger partial charge on any atom is 0.102 e. The van der Waals surface area contributed by atoms with E-state index in [0.29, 0.717) is 5.57 Å². The molecule has 8 heavy (non-hydrogen) atoms. The van der Waals surface area contributed by atoms with Crippen molar-refractivity contribution in [1.29, 1.82) is 10.7 Å². The zero-order chi connectivity index (χ0) is 6.41. The van der Waals surface area contributed by atoms with Gasteiger partial charge in [-0.25, -0.2) is 0 Å². The molecule has 0 unspecified atom stereocenters. The highest BCUT2D eigenvalue weighted by atomic mass is 14.8. The van der Waals surface area contributed by atoms with Crippen molar-refractivity contribution in [1.82, 2.24) is 5.32 Å². The van der Waals surface area contributed by atoms with Crippen LogP contribution in [-0.4, -0.2) is 13.3 Å². The van der Waals surface area contributed by atoms with Crippen molar-refractivity contribution >= 4 is 6.21 Å². The molecule has 0 saturated heterocycles. The van der Waals surface area contributed by atoms with Crippen LogP contribution < -0.4 is 5.32 Å². The minimum absolute atomic E-state index is 0.326. The van der Waals surface area contributed by atoms with Gasteiger partial charge >= 0.3 is 0 Å². The SMILES string of the molecule is CN/C=C(/C#N)C=N. The minimum Gasteiger partial charge on any atom is -0.393 e. The van der Waals surface area contributed by atoms with Crippen molar-refractivity contribution in [3.8, 4) is 6.07 Å². The summed E-state index contributed by atoms with van der Waals surface area (Å²) in [6, 6.07) is 1.81. The third kappa shape index (κ3) is 1.98. The summed E-state index contributed by atoms with van der Waals surface area (Å²) in [5.74, 6) is 0. The lowest BCUT2D eigenvalue weighted by molar-refractivity contribution is 1.10. The van der Waals surface area contributed by atoms with Crippen LogP contribution in [0, 0.1) is 16.7 Å². The van der Waals surface area contributed by atoms with Crippen LogP contribution >= 0.6 is 0 Å². The second-order valence-electron chi connectivity index (χ2n) is 1.14. The lowest BCUT2D eigenvalue weighted by atomic mass is 10.3. The summed E-state index contributed by atoms with van der Waals surface area (Å²) in [5.41, 5.74) is 0.326. The van der Waals surface area contributed by atoms with Gasteiger partial charge in [-0.2, -0.15) is 5.26 Å². The van der Waals surface area contributed by atoms with Gasteiger partial charge in [-0.05, 0) is 0 Å². The molecular weight excluding hydrogens is 102 g/mol. The average molecular weight is 109 g/mol. The molecule has 0 spiro atoms. The standard InChI is InChI=1S/C5H7N3/c1-8-4-5(2-6)3-7/h2,4,6,8H,1H3/b5-4+,6-2?. The molecule has 0 aliphatic rings. The topological polar surface area (TPSA) is 59.7 Å². The van der Waals surface area contributed by atoms with Crippen LogP contribution in [0.5, 0.6) is 0 Å². The van der Waals surface area contributed by atoms with Crippen LogP contribution in [0.15, 0.2) is 11.8 Å². The molecular formula is C5H7N3. The quantitative estimate of drug-likeness (QED) is 0.394. The molecule has 0 heterocycles. The molecule has 0 bridgehead atoms. The number of nitriles is 1. The summed E-state index contributed by atoms with van der Waals surface area (Å²) in [6.07, 6.45) is 2.46. The first-order valence-electron chi connectivity index (χ1n) is 2.13. The van der Waals surface area contributed by atoms with Crippen molar-refractivity contribution in [3.63, 3.8) is 0 Å². The van der Waals surface area contributed by atoms with E-state index in [0.717, 1.165) is 6.21 Å². The third-order valence-electron chi connectivity index (χ3n) is 0.584. The zero-order valence-corrected chi connectivity index (χ0v) is 4.60. The third-order valence-corrected chi connectivity index (χ3v) is 0.584. The molecule has 0 rings (SSSR count). The molecule has 0 aliphatic carbocycles. The van der Waals surface area contributed by atoms with Crippen molar-refractivity contribution in [2.75, 3.05) is 7.05 Å². The second-order valence-corrected chi connectivity index (χ2v) is 1.14. The van der Waals surface area contributed by atoms with Gasteiger partial charge in [0, 0.05) is 19.5 Å². The molecule has 0 aromatic rings. The molecule has 0 amide bonds. The molecule has 0 aromatic heterocycles. The lowest BCUT2D eigenvalue weighted by Crippen LogP contribution is -1.95. The summed E-state index contributed by atoms with van der Waals surface area (Å²) >= 11 is 0. The van der Waals surface area contributed by atoms with Crippen LogP contribution in [0.4, 0.5) is 0 Å². The van der Waals surface area contributed by atoms with E-state index in [1.54, 1.807) is 7.05 Å². The Morgan fingerprint density at radius 2 is 2.50 bits per heavy atom. The molecule has 42 valence electrons. The summed E-state index contributed by atoms with van der Waals surface area (Å²) in [6.45, 7) is 0. The summed E-state index contributed by atoms with van der Waals surface area (Å²) in [4.78, 5) is 0. The Hall–Kier alpha value is -1.30. The van der Waals surface area contributed by atoms with E-state index >= 15 is 0 Å². The largest absolute Gasteiger partial charge is 0.393 e. The lowest BCUT2D eigenvalue weighted by Gasteiger charge is -1.83. The predicted octanol–water partition coefficient (Wildman–Crippen LogP) is 0.263. The van der Waals surface area contributed by atoms with Gasteiger partial charge in [0.25, 0.3) is 0 Å². The van der Waals surface area contributed by atoms with Gasteiger partial charge in [-0.1, -0.05) is 0 Å². The fourth-order valence-corrected chi connectivity index (χ4v) is 0.262. The Balaban J connectivity index is 3.92. The number of hydrogen-bond donors (Lipinski definition) is 2. The van der Waals surface area contributed by atoms with Gasteiger partial charge in [0.05, 0.1) is 5.57 Å². The minimum atomic E-state index is 0.326. The smallest absolute Gasteiger partial charge is 0.102 e. The van der Waals surface area contributed by atoms with Gasteiger partial charge in [0.2, 0.25) is 0 Å². The molecule has 2 N–H and O–H groups in total.